The minimum Gasteiger partial charge on any atom is -0.445 e. The number of aldehydes is 1. The standard InChI is InChI=1S/C40H49N3O7.C36H42N2O6/c1-25(2)20-31(38(47)42-34(22-30-17-11-19-35(30)44)37(46)39(48)41-26(3)4)23-36(45)33(43-40(49)50-24-27-12-6-5-7-13-27)21-29-16-10-15-28-14-8-9-18-32(28)29;1-24(2)18-29(35(42)37-30(22-39)19-28-15-9-17-33(28)40)21-34(41)32(38-36(43)44-23-25-10-4-3-5-11-25)20-27-14-8-13-26-12-6-7-16-31(26)27/h5-10,12-16,18,25-26,30-31,33-34H,11,17,19-24H2,1-4H3,(H,41,48)(H,42,47)(H,43,49);3-8,10-14,16,22,24,28-30,32H,9,15,17-21,23H2,1-2H3,(H,37,42)(H,38,43)/t30-,31+,33-,34-;28-,29+,30-,32-/m00/s1. The maximum atomic E-state index is 14.1. The third-order valence-corrected chi connectivity index (χ3v) is 17.2. The van der Waals surface area contributed by atoms with E-state index in [1.54, 1.807) is 13.8 Å². The molecule has 5 N–H and O–H groups in total. The van der Waals surface area contributed by atoms with Gasteiger partial charge in [-0.15, -0.1) is 0 Å². The first-order chi connectivity index (χ1) is 45.1. The van der Waals surface area contributed by atoms with Crippen molar-refractivity contribution in [3.8, 4) is 0 Å². The van der Waals surface area contributed by atoms with Gasteiger partial charge >= 0.3 is 12.2 Å². The number of ketones is 5. The van der Waals surface area contributed by atoms with Crippen molar-refractivity contribution in [2.45, 2.75) is 175 Å². The van der Waals surface area contributed by atoms with Crippen LogP contribution in [-0.2, 0) is 78.7 Å². The fraction of sp³-hybridized carbons (Fsp3) is 0.434. The van der Waals surface area contributed by atoms with Crippen LogP contribution in [0.4, 0.5) is 9.59 Å². The molecule has 0 saturated heterocycles. The molecule has 0 bridgehead atoms. The topological polar surface area (TPSA) is 266 Å². The molecule has 2 aliphatic rings. The van der Waals surface area contributed by atoms with E-state index < -0.39 is 77.6 Å². The maximum Gasteiger partial charge on any atom is 0.408 e. The van der Waals surface area contributed by atoms with Crippen molar-refractivity contribution < 1.29 is 62.2 Å². The number of carbonyl (C=O) groups is 11. The lowest BCUT2D eigenvalue weighted by atomic mass is 9.87. The molecule has 94 heavy (non-hydrogen) atoms. The summed E-state index contributed by atoms with van der Waals surface area (Å²) in [4.78, 5) is 144. The van der Waals surface area contributed by atoms with Gasteiger partial charge in [0, 0.05) is 68.2 Å². The molecule has 18 nitrogen and oxygen atoms in total. The molecule has 8 rings (SSSR count). The van der Waals surface area contributed by atoms with Gasteiger partial charge < -0.3 is 40.9 Å². The highest BCUT2D eigenvalue weighted by molar-refractivity contribution is 6.38. The van der Waals surface area contributed by atoms with E-state index in [-0.39, 0.29) is 98.7 Å². The highest BCUT2D eigenvalue weighted by Crippen LogP contribution is 2.30. The van der Waals surface area contributed by atoms with Crippen molar-refractivity contribution in [2.75, 3.05) is 0 Å². The molecule has 0 heterocycles. The molecular weight excluding hydrogens is 1190 g/mol. The molecule has 5 amide bonds. The molecule has 0 unspecified atom stereocenters. The Morgan fingerprint density at radius 1 is 0.479 bits per heavy atom. The van der Waals surface area contributed by atoms with Crippen LogP contribution in [0, 0.1) is 35.5 Å². The summed E-state index contributed by atoms with van der Waals surface area (Å²) in [6.07, 6.45) is 3.97. The number of amides is 5. The lowest BCUT2D eigenvalue weighted by Gasteiger charge is -2.26. The zero-order chi connectivity index (χ0) is 67.7. The van der Waals surface area contributed by atoms with Gasteiger partial charge in [-0.3, -0.25) is 38.4 Å². The van der Waals surface area contributed by atoms with Crippen LogP contribution in [0.25, 0.3) is 21.5 Å². The monoisotopic (exact) mass is 1280 g/mol. The number of alkyl carbamates (subject to hydrolysis) is 2. The van der Waals surface area contributed by atoms with Gasteiger partial charge in [0.15, 0.2) is 11.6 Å². The number of Topliss-reactive ketones (excluding diaryl/α,β-unsaturated/α-hetero) is 5. The summed E-state index contributed by atoms with van der Waals surface area (Å²) in [7, 11) is 0. The van der Waals surface area contributed by atoms with Gasteiger partial charge in [0.1, 0.15) is 31.1 Å². The zero-order valence-electron chi connectivity index (χ0n) is 54.9. The number of rotatable bonds is 32. The van der Waals surface area contributed by atoms with Gasteiger partial charge in [0.25, 0.3) is 5.91 Å². The average molecular weight is 1280 g/mol. The van der Waals surface area contributed by atoms with Crippen LogP contribution in [0.1, 0.15) is 141 Å². The largest absolute Gasteiger partial charge is 0.445 e. The molecule has 2 saturated carbocycles. The third-order valence-electron chi connectivity index (χ3n) is 17.2. The summed E-state index contributed by atoms with van der Waals surface area (Å²) in [5.74, 6) is -5.26. The Kier molecular flexibility index (Phi) is 27.9. The van der Waals surface area contributed by atoms with Crippen LogP contribution in [0.5, 0.6) is 0 Å². The molecule has 0 aliphatic heterocycles. The second kappa shape index (κ2) is 36.3. The summed E-state index contributed by atoms with van der Waals surface area (Å²) in [5.41, 5.74) is 3.34. The second-order valence-electron chi connectivity index (χ2n) is 26.1. The van der Waals surface area contributed by atoms with E-state index in [9.17, 15) is 52.7 Å². The van der Waals surface area contributed by atoms with Gasteiger partial charge in [-0.25, -0.2) is 9.59 Å². The van der Waals surface area contributed by atoms with E-state index >= 15 is 0 Å². The van der Waals surface area contributed by atoms with Gasteiger partial charge in [0.05, 0.1) is 24.2 Å². The van der Waals surface area contributed by atoms with Crippen molar-refractivity contribution in [1.29, 1.82) is 0 Å². The Morgan fingerprint density at radius 2 is 0.894 bits per heavy atom. The number of ether oxygens (including phenoxy) is 2. The molecule has 2 fully saturated rings. The number of nitrogens with one attached hydrogen (secondary N) is 5. The fourth-order valence-corrected chi connectivity index (χ4v) is 12.5. The first kappa shape index (κ1) is 72.2. The van der Waals surface area contributed by atoms with E-state index in [4.69, 9.17) is 9.47 Å². The molecule has 6 aromatic rings. The normalized spacial score (nSPS) is 16.4. The second-order valence-corrected chi connectivity index (χ2v) is 26.1. The first-order valence-electron chi connectivity index (χ1n) is 33.0. The van der Waals surface area contributed by atoms with Crippen molar-refractivity contribution in [2.24, 2.45) is 35.5 Å². The summed E-state index contributed by atoms with van der Waals surface area (Å²) < 4.78 is 10.9. The smallest absolute Gasteiger partial charge is 0.408 e. The average Bonchev–Trinajstić information content (AvgIpc) is 1.01. The van der Waals surface area contributed by atoms with E-state index in [0.717, 1.165) is 56.6 Å². The third kappa shape index (κ3) is 22.5. The molecule has 2 aliphatic carbocycles. The van der Waals surface area contributed by atoms with Gasteiger partial charge in [-0.1, -0.05) is 173 Å². The van der Waals surface area contributed by atoms with Gasteiger partial charge in [-0.2, -0.15) is 0 Å². The molecule has 498 valence electrons. The van der Waals surface area contributed by atoms with Crippen LogP contribution in [0.15, 0.2) is 146 Å². The lowest BCUT2D eigenvalue weighted by molar-refractivity contribution is -0.141. The molecular formula is C76H91N5O13. The van der Waals surface area contributed by atoms with Crippen LogP contribution in [-0.4, -0.2) is 95.3 Å². The van der Waals surface area contributed by atoms with Crippen molar-refractivity contribution in [3.05, 3.63) is 168 Å². The first-order valence-corrected chi connectivity index (χ1v) is 33.0. The fourth-order valence-electron chi connectivity index (χ4n) is 12.5. The highest BCUT2D eigenvalue weighted by atomic mass is 16.6. The number of hydrogen-bond acceptors (Lipinski definition) is 13. The minimum absolute atomic E-state index is 0.00802. The highest BCUT2D eigenvalue weighted by Gasteiger charge is 2.38. The Labute approximate surface area is 551 Å². The molecule has 0 spiro atoms. The summed E-state index contributed by atoms with van der Waals surface area (Å²) in [6.45, 7) is 11.3. The summed E-state index contributed by atoms with van der Waals surface area (Å²) >= 11 is 0. The summed E-state index contributed by atoms with van der Waals surface area (Å²) in [5, 5.41) is 17.6. The molecule has 8 atom stereocenters. The number of carbonyl (C=O) groups excluding carboxylic acids is 11. The zero-order valence-corrected chi connectivity index (χ0v) is 54.9. The van der Waals surface area contributed by atoms with Crippen LogP contribution < -0.4 is 26.6 Å². The van der Waals surface area contributed by atoms with Gasteiger partial charge in [0.2, 0.25) is 17.6 Å². The Bertz CT molecular complexity index is 3580. The number of fused-ring (bicyclic) bond motifs is 2. The Morgan fingerprint density at radius 3 is 1.31 bits per heavy atom. The Balaban J connectivity index is 0.000000268. The summed E-state index contributed by atoms with van der Waals surface area (Å²) in [6, 6.07) is 41.4. The molecule has 6 aromatic carbocycles. The lowest BCUT2D eigenvalue weighted by Crippen LogP contribution is -2.51. The number of hydrogen-bond donors (Lipinski definition) is 5. The predicted octanol–water partition coefficient (Wildman–Crippen LogP) is 11.4. The van der Waals surface area contributed by atoms with Crippen LogP contribution in [0.2, 0.25) is 0 Å². The van der Waals surface area contributed by atoms with E-state index in [2.05, 4.69) is 26.6 Å². The van der Waals surface area contributed by atoms with E-state index in [1.807, 2.05) is 173 Å². The van der Waals surface area contributed by atoms with E-state index in [1.165, 1.54) is 0 Å². The quantitative estimate of drug-likeness (QED) is 0.0195. The predicted molar refractivity (Wildman–Crippen MR) is 360 cm³/mol. The minimum atomic E-state index is -1.21. The Hall–Kier alpha value is -9.19. The molecule has 0 radical (unpaired) electrons. The SMILES string of the molecule is CC(C)C[C@H](CC(=O)[C@H](Cc1cccc2ccccc12)NC(=O)OCc1ccccc1)C(=O)N[C@@H](C[C@@H]1CCCC1=O)C(=O)C(=O)NC(C)C.CC(C)C[C@H](CC(=O)[C@H](Cc1cccc2ccccc12)NC(=O)OCc1ccccc1)C(=O)N[C@H](C=O)C[C@@H]1CCCC1=O. The van der Waals surface area contributed by atoms with Crippen LogP contribution >= 0.6 is 0 Å². The number of benzene rings is 6. The maximum absolute atomic E-state index is 14.1. The molecule has 0 aromatic heterocycles. The molecule has 18 heteroatoms. The van der Waals surface area contributed by atoms with Crippen molar-refractivity contribution >= 4 is 86.7 Å². The van der Waals surface area contributed by atoms with Crippen molar-refractivity contribution in [3.63, 3.8) is 0 Å². The van der Waals surface area contributed by atoms with Crippen molar-refractivity contribution in [1.82, 2.24) is 26.6 Å². The van der Waals surface area contributed by atoms with Gasteiger partial charge in [-0.05, 0) is 121 Å². The van der Waals surface area contributed by atoms with E-state index in [0.29, 0.717) is 44.8 Å². The van der Waals surface area contributed by atoms with Crippen LogP contribution in [0.3, 0.4) is 0 Å².